The third-order valence-corrected chi connectivity index (χ3v) is 1.82. The molecule has 0 fully saturated rings. The van der Waals surface area contributed by atoms with Crippen LogP contribution in [0.25, 0.3) is 0 Å². The van der Waals surface area contributed by atoms with Gasteiger partial charge in [0.05, 0.1) is 30.0 Å². The minimum Gasteiger partial charge on any atom is -0.465 e. The molecule has 1 aromatic rings. The number of aromatic nitrogens is 1. The van der Waals surface area contributed by atoms with Crippen LogP contribution < -0.4 is 0 Å². The highest BCUT2D eigenvalue weighted by Gasteiger charge is 2.08. The Bertz CT molecular complexity index is 327. The molecule has 70 valence electrons. The quantitative estimate of drug-likeness (QED) is 0.726. The molecule has 0 unspecified atom stereocenters. The monoisotopic (exact) mass is 201 g/mol. The van der Waals surface area contributed by atoms with Crippen LogP contribution in [0.1, 0.15) is 16.1 Å². The third-order valence-electron chi connectivity index (χ3n) is 1.49. The van der Waals surface area contributed by atoms with Crippen LogP contribution >= 0.6 is 11.6 Å². The average molecular weight is 202 g/mol. The van der Waals surface area contributed by atoms with E-state index in [1.807, 2.05) is 0 Å². The number of nitrogens with zero attached hydrogens (tertiary/aromatic N) is 1. The Kier molecular flexibility index (Phi) is 3.22. The minimum absolute atomic E-state index is 0.250. The van der Waals surface area contributed by atoms with E-state index < -0.39 is 5.97 Å². The first kappa shape index (κ1) is 9.95. The fraction of sp³-hybridized carbons (Fsp3) is 0.250. The van der Waals surface area contributed by atoms with Crippen LogP contribution in [0.4, 0.5) is 0 Å². The topological polar surface area (TPSA) is 59.4 Å². The molecule has 0 aromatic carbocycles. The van der Waals surface area contributed by atoms with E-state index >= 15 is 0 Å². The molecule has 0 aliphatic heterocycles. The van der Waals surface area contributed by atoms with Crippen molar-refractivity contribution in [1.29, 1.82) is 0 Å². The summed E-state index contributed by atoms with van der Waals surface area (Å²) in [6.45, 7) is -0.250. The average Bonchev–Trinajstić information content (AvgIpc) is 2.16. The summed E-state index contributed by atoms with van der Waals surface area (Å²) in [6, 6.07) is 1.41. The molecule has 0 aliphatic carbocycles. The highest BCUT2D eigenvalue weighted by Crippen LogP contribution is 2.15. The Morgan fingerprint density at radius 3 is 2.92 bits per heavy atom. The number of carbonyl (C=O) groups excluding carboxylic acids is 1. The molecule has 0 saturated heterocycles. The van der Waals surface area contributed by atoms with E-state index in [1.54, 1.807) is 0 Å². The van der Waals surface area contributed by atoms with E-state index in [0.717, 1.165) is 0 Å². The number of halogens is 1. The SMILES string of the molecule is COC(=O)c1cnc(CO)c(Cl)c1. The van der Waals surface area contributed by atoms with Crippen LogP contribution in [-0.2, 0) is 11.3 Å². The Labute approximate surface area is 80.1 Å². The van der Waals surface area contributed by atoms with Crippen molar-refractivity contribution in [2.24, 2.45) is 0 Å². The lowest BCUT2D eigenvalue weighted by Crippen LogP contribution is -2.03. The summed E-state index contributed by atoms with van der Waals surface area (Å²) in [5.41, 5.74) is 0.610. The van der Waals surface area contributed by atoms with Gasteiger partial charge in [-0.15, -0.1) is 0 Å². The van der Waals surface area contributed by atoms with Crippen molar-refractivity contribution in [3.63, 3.8) is 0 Å². The van der Waals surface area contributed by atoms with E-state index in [0.29, 0.717) is 5.69 Å². The number of methoxy groups -OCH3 is 1. The van der Waals surface area contributed by atoms with Gasteiger partial charge in [-0.2, -0.15) is 0 Å². The highest BCUT2D eigenvalue weighted by molar-refractivity contribution is 6.31. The normalized spacial score (nSPS) is 9.77. The Hall–Kier alpha value is -1.13. The van der Waals surface area contributed by atoms with Gasteiger partial charge >= 0.3 is 5.97 Å². The van der Waals surface area contributed by atoms with Gasteiger partial charge in [-0.1, -0.05) is 11.6 Å². The van der Waals surface area contributed by atoms with Crippen molar-refractivity contribution in [3.05, 3.63) is 28.5 Å². The number of rotatable bonds is 2. The van der Waals surface area contributed by atoms with Gasteiger partial charge in [0.1, 0.15) is 0 Å². The first-order valence-corrected chi connectivity index (χ1v) is 3.90. The summed E-state index contributed by atoms with van der Waals surface area (Å²) in [4.78, 5) is 14.8. The van der Waals surface area contributed by atoms with Crippen LogP contribution in [0.3, 0.4) is 0 Å². The van der Waals surface area contributed by atoms with Gasteiger partial charge in [-0.3, -0.25) is 4.98 Å². The van der Waals surface area contributed by atoms with Crippen molar-refractivity contribution in [2.75, 3.05) is 7.11 Å². The summed E-state index contributed by atoms with van der Waals surface area (Å²) in [7, 11) is 1.27. The smallest absolute Gasteiger partial charge is 0.339 e. The molecule has 1 heterocycles. The zero-order chi connectivity index (χ0) is 9.84. The predicted molar refractivity (Wildman–Crippen MR) is 46.5 cm³/mol. The molecule has 1 N–H and O–H groups in total. The second kappa shape index (κ2) is 4.20. The third kappa shape index (κ3) is 2.17. The van der Waals surface area contributed by atoms with E-state index in [9.17, 15) is 4.79 Å². The molecule has 0 aliphatic rings. The summed E-state index contributed by atoms with van der Waals surface area (Å²) < 4.78 is 4.46. The van der Waals surface area contributed by atoms with Crippen LogP contribution in [-0.4, -0.2) is 23.2 Å². The number of aliphatic hydroxyl groups is 1. The maximum Gasteiger partial charge on any atom is 0.339 e. The lowest BCUT2D eigenvalue weighted by molar-refractivity contribution is 0.0600. The summed E-state index contributed by atoms with van der Waals surface area (Å²) in [5, 5.41) is 9.00. The number of carbonyl (C=O) groups is 1. The molecule has 13 heavy (non-hydrogen) atoms. The van der Waals surface area contributed by atoms with E-state index in [4.69, 9.17) is 16.7 Å². The zero-order valence-corrected chi connectivity index (χ0v) is 7.71. The Morgan fingerprint density at radius 1 is 1.77 bits per heavy atom. The van der Waals surface area contributed by atoms with Crippen molar-refractivity contribution in [2.45, 2.75) is 6.61 Å². The molecule has 0 spiro atoms. The number of pyridine rings is 1. The Morgan fingerprint density at radius 2 is 2.46 bits per heavy atom. The lowest BCUT2D eigenvalue weighted by Gasteiger charge is -2.01. The van der Waals surface area contributed by atoms with Gasteiger partial charge in [0, 0.05) is 6.20 Å². The molecule has 0 radical (unpaired) electrons. The van der Waals surface area contributed by atoms with Gasteiger partial charge in [-0.25, -0.2) is 4.79 Å². The molecule has 1 rings (SSSR count). The molecule has 0 bridgehead atoms. The van der Waals surface area contributed by atoms with Gasteiger partial charge in [0.15, 0.2) is 0 Å². The molecular weight excluding hydrogens is 194 g/mol. The number of hydrogen-bond donors (Lipinski definition) is 1. The number of hydrogen-bond acceptors (Lipinski definition) is 4. The first-order chi connectivity index (χ1) is 6.19. The molecule has 1 aromatic heterocycles. The fourth-order valence-corrected chi connectivity index (χ4v) is 1.04. The molecule has 4 nitrogen and oxygen atoms in total. The number of aliphatic hydroxyl groups excluding tert-OH is 1. The second-order valence-corrected chi connectivity index (χ2v) is 2.71. The van der Waals surface area contributed by atoms with E-state index in [2.05, 4.69) is 9.72 Å². The minimum atomic E-state index is -0.501. The van der Waals surface area contributed by atoms with Crippen LogP contribution in [0, 0.1) is 0 Å². The fourth-order valence-electron chi connectivity index (χ4n) is 0.812. The molecule has 0 atom stereocenters. The van der Waals surface area contributed by atoms with Crippen molar-refractivity contribution < 1.29 is 14.6 Å². The van der Waals surface area contributed by atoms with Gasteiger partial charge in [-0.05, 0) is 6.07 Å². The summed E-state index contributed by atoms with van der Waals surface area (Å²) >= 11 is 5.70. The largest absolute Gasteiger partial charge is 0.465 e. The zero-order valence-electron chi connectivity index (χ0n) is 6.95. The maximum absolute atomic E-state index is 11.0. The van der Waals surface area contributed by atoms with Gasteiger partial charge in [0.25, 0.3) is 0 Å². The first-order valence-electron chi connectivity index (χ1n) is 3.52. The second-order valence-electron chi connectivity index (χ2n) is 2.30. The van der Waals surface area contributed by atoms with Crippen molar-refractivity contribution in [1.82, 2.24) is 4.98 Å². The molecule has 0 saturated carbocycles. The molecular formula is C8H8ClNO3. The molecule has 0 amide bonds. The predicted octanol–water partition coefficient (Wildman–Crippen LogP) is 1.01. The number of esters is 1. The standard InChI is InChI=1S/C8H8ClNO3/c1-13-8(12)5-2-6(9)7(4-11)10-3-5/h2-3,11H,4H2,1H3. The van der Waals surface area contributed by atoms with Gasteiger partial charge in [0.2, 0.25) is 0 Å². The summed E-state index contributed by atoms with van der Waals surface area (Å²) in [5.74, 6) is -0.501. The van der Waals surface area contributed by atoms with E-state index in [-0.39, 0.29) is 17.2 Å². The molecule has 5 heteroatoms. The van der Waals surface area contributed by atoms with Crippen molar-refractivity contribution >= 4 is 17.6 Å². The van der Waals surface area contributed by atoms with Crippen LogP contribution in [0.15, 0.2) is 12.3 Å². The summed E-state index contributed by atoms with van der Waals surface area (Å²) in [6.07, 6.45) is 1.31. The van der Waals surface area contributed by atoms with Crippen molar-refractivity contribution in [3.8, 4) is 0 Å². The van der Waals surface area contributed by atoms with Gasteiger partial charge < -0.3 is 9.84 Å². The maximum atomic E-state index is 11.0. The highest BCUT2D eigenvalue weighted by atomic mass is 35.5. The van der Waals surface area contributed by atoms with Crippen LogP contribution in [0.2, 0.25) is 5.02 Å². The number of ether oxygens (including phenoxy) is 1. The van der Waals surface area contributed by atoms with E-state index in [1.165, 1.54) is 19.4 Å². The Balaban J connectivity index is 3.02. The lowest BCUT2D eigenvalue weighted by atomic mass is 10.2. The van der Waals surface area contributed by atoms with Crippen LogP contribution in [0.5, 0.6) is 0 Å².